The highest BCUT2D eigenvalue weighted by Crippen LogP contribution is 2.13. The Balaban J connectivity index is 2.58. The molecule has 0 unspecified atom stereocenters. The lowest BCUT2D eigenvalue weighted by Crippen LogP contribution is -2.46. The van der Waals surface area contributed by atoms with Gasteiger partial charge >= 0.3 is 12.0 Å². The molecule has 0 aliphatic heterocycles. The van der Waals surface area contributed by atoms with E-state index in [4.69, 9.17) is 10.8 Å². The molecule has 4 N–H and O–H groups in total. The molecule has 0 spiro atoms. The molecule has 0 saturated carbocycles. The number of aliphatic carboxylic acids is 1. The van der Waals surface area contributed by atoms with Crippen LogP contribution >= 0.6 is 11.3 Å². The zero-order valence-electron chi connectivity index (χ0n) is 10.4. The molecule has 0 atom stereocenters. The molecule has 1 heterocycles. The Morgan fingerprint density at radius 1 is 1.37 bits per heavy atom. The van der Waals surface area contributed by atoms with Crippen molar-refractivity contribution in [3.63, 3.8) is 0 Å². The third kappa shape index (κ3) is 4.96. The number of carbonyl (C=O) groups is 3. The van der Waals surface area contributed by atoms with Crippen LogP contribution in [0.3, 0.4) is 0 Å². The predicted octanol–water partition coefficient (Wildman–Crippen LogP) is 0.138. The van der Waals surface area contributed by atoms with Crippen molar-refractivity contribution < 1.29 is 19.5 Å². The van der Waals surface area contributed by atoms with E-state index in [1.54, 1.807) is 0 Å². The first-order valence-corrected chi connectivity index (χ1v) is 6.39. The molecule has 8 heteroatoms. The molecule has 19 heavy (non-hydrogen) atoms. The highest BCUT2D eigenvalue weighted by molar-refractivity contribution is 7.08. The second-order valence-corrected chi connectivity index (χ2v) is 4.70. The SMILES string of the molecule is Cc1cscc1CNC(=O)N(CC(N)=O)CC(=O)O. The number of primary amides is 1. The van der Waals surface area contributed by atoms with Crippen molar-refractivity contribution in [2.75, 3.05) is 13.1 Å². The average Bonchev–Trinajstić information content (AvgIpc) is 2.69. The molecule has 0 fully saturated rings. The van der Waals surface area contributed by atoms with E-state index in [9.17, 15) is 14.4 Å². The van der Waals surface area contributed by atoms with Crippen LogP contribution in [0.25, 0.3) is 0 Å². The van der Waals surface area contributed by atoms with Gasteiger partial charge in [0.05, 0.1) is 0 Å². The Kier molecular flexibility index (Phi) is 5.31. The van der Waals surface area contributed by atoms with E-state index in [2.05, 4.69) is 5.32 Å². The summed E-state index contributed by atoms with van der Waals surface area (Å²) < 4.78 is 0. The number of carboxylic acids is 1. The lowest BCUT2D eigenvalue weighted by molar-refractivity contribution is -0.137. The third-order valence-corrected chi connectivity index (χ3v) is 3.26. The summed E-state index contributed by atoms with van der Waals surface area (Å²) in [5.41, 5.74) is 6.97. The van der Waals surface area contributed by atoms with Gasteiger partial charge in [-0.3, -0.25) is 9.59 Å². The Bertz CT molecular complexity index is 470. The second-order valence-electron chi connectivity index (χ2n) is 3.95. The molecule has 0 aliphatic carbocycles. The van der Waals surface area contributed by atoms with E-state index in [-0.39, 0.29) is 6.54 Å². The lowest BCUT2D eigenvalue weighted by Gasteiger charge is -2.19. The molecule has 0 aliphatic rings. The Morgan fingerprint density at radius 2 is 2.05 bits per heavy atom. The van der Waals surface area contributed by atoms with Crippen LogP contribution in [0, 0.1) is 6.92 Å². The van der Waals surface area contributed by atoms with Gasteiger partial charge in [-0.1, -0.05) is 0 Å². The molecule has 3 amide bonds. The maximum absolute atomic E-state index is 11.8. The van der Waals surface area contributed by atoms with Crippen LogP contribution in [-0.4, -0.2) is 41.0 Å². The fraction of sp³-hybridized carbons (Fsp3) is 0.364. The summed E-state index contributed by atoms with van der Waals surface area (Å²) in [7, 11) is 0. The minimum absolute atomic E-state index is 0.281. The number of nitrogens with two attached hydrogens (primary N) is 1. The van der Waals surface area contributed by atoms with Gasteiger partial charge in [-0.05, 0) is 28.8 Å². The van der Waals surface area contributed by atoms with Gasteiger partial charge in [0.15, 0.2) is 0 Å². The number of carbonyl (C=O) groups excluding carboxylic acids is 2. The van der Waals surface area contributed by atoms with Gasteiger partial charge in [0.1, 0.15) is 13.1 Å². The first-order valence-electron chi connectivity index (χ1n) is 5.44. The van der Waals surface area contributed by atoms with Crippen molar-refractivity contribution in [2.24, 2.45) is 5.73 Å². The topological polar surface area (TPSA) is 113 Å². The number of aryl methyl sites for hydroxylation is 1. The van der Waals surface area contributed by atoms with Crippen LogP contribution in [0.5, 0.6) is 0 Å². The summed E-state index contributed by atoms with van der Waals surface area (Å²) >= 11 is 1.51. The van der Waals surface area contributed by atoms with E-state index in [0.29, 0.717) is 0 Å². The molecule has 0 saturated heterocycles. The van der Waals surface area contributed by atoms with E-state index < -0.39 is 31.0 Å². The molecule has 104 valence electrons. The van der Waals surface area contributed by atoms with Gasteiger partial charge in [0, 0.05) is 6.54 Å². The summed E-state index contributed by atoms with van der Waals surface area (Å²) in [4.78, 5) is 34.0. The summed E-state index contributed by atoms with van der Waals surface area (Å²) in [6.07, 6.45) is 0. The number of hydrogen-bond donors (Lipinski definition) is 3. The van der Waals surface area contributed by atoms with Crippen molar-refractivity contribution in [1.29, 1.82) is 0 Å². The highest BCUT2D eigenvalue weighted by Gasteiger charge is 2.18. The molecular weight excluding hydrogens is 270 g/mol. The fourth-order valence-corrected chi connectivity index (χ4v) is 2.26. The number of nitrogens with zero attached hydrogens (tertiary/aromatic N) is 1. The first-order chi connectivity index (χ1) is 8.90. The Morgan fingerprint density at radius 3 is 2.53 bits per heavy atom. The molecule has 7 nitrogen and oxygen atoms in total. The zero-order valence-corrected chi connectivity index (χ0v) is 11.2. The Hall–Kier alpha value is -2.09. The van der Waals surface area contributed by atoms with E-state index in [1.807, 2.05) is 17.7 Å². The monoisotopic (exact) mass is 285 g/mol. The van der Waals surface area contributed by atoms with E-state index >= 15 is 0 Å². The van der Waals surface area contributed by atoms with Crippen LogP contribution in [0.1, 0.15) is 11.1 Å². The quantitative estimate of drug-likeness (QED) is 0.689. The number of carboxylic acid groups (broad SMARTS) is 1. The smallest absolute Gasteiger partial charge is 0.323 e. The number of thiophene rings is 1. The van der Waals surface area contributed by atoms with Crippen molar-refractivity contribution in [3.8, 4) is 0 Å². The fourth-order valence-electron chi connectivity index (χ4n) is 1.40. The van der Waals surface area contributed by atoms with Crippen LogP contribution in [0.15, 0.2) is 10.8 Å². The summed E-state index contributed by atoms with van der Waals surface area (Å²) in [5.74, 6) is -1.97. The van der Waals surface area contributed by atoms with Crippen LogP contribution in [0.2, 0.25) is 0 Å². The Labute approximate surface area is 114 Å². The minimum Gasteiger partial charge on any atom is -0.480 e. The van der Waals surface area contributed by atoms with E-state index in [0.717, 1.165) is 16.0 Å². The van der Waals surface area contributed by atoms with Crippen molar-refractivity contribution in [2.45, 2.75) is 13.5 Å². The molecule has 1 aromatic heterocycles. The van der Waals surface area contributed by atoms with Crippen molar-refractivity contribution in [3.05, 3.63) is 21.9 Å². The van der Waals surface area contributed by atoms with Gasteiger partial charge in [0.25, 0.3) is 0 Å². The number of hydrogen-bond acceptors (Lipinski definition) is 4. The second kappa shape index (κ2) is 6.74. The summed E-state index contributed by atoms with van der Waals surface area (Å²) in [5, 5.41) is 15.1. The van der Waals surface area contributed by atoms with Gasteiger partial charge in [-0.15, -0.1) is 0 Å². The lowest BCUT2D eigenvalue weighted by atomic mass is 10.2. The molecular formula is C11H15N3O4S. The predicted molar refractivity (Wildman–Crippen MR) is 69.7 cm³/mol. The highest BCUT2D eigenvalue weighted by atomic mass is 32.1. The summed E-state index contributed by atoms with van der Waals surface area (Å²) in [6, 6.07) is -0.633. The van der Waals surface area contributed by atoms with Crippen LogP contribution < -0.4 is 11.1 Å². The van der Waals surface area contributed by atoms with E-state index in [1.165, 1.54) is 11.3 Å². The average molecular weight is 285 g/mol. The van der Waals surface area contributed by atoms with Gasteiger partial charge < -0.3 is 21.1 Å². The van der Waals surface area contributed by atoms with Gasteiger partial charge in [-0.2, -0.15) is 11.3 Å². The number of urea groups is 1. The number of amides is 3. The van der Waals surface area contributed by atoms with Gasteiger partial charge in [-0.25, -0.2) is 4.79 Å². The van der Waals surface area contributed by atoms with Crippen molar-refractivity contribution in [1.82, 2.24) is 10.2 Å². The van der Waals surface area contributed by atoms with Crippen LogP contribution in [0.4, 0.5) is 4.79 Å². The normalized spacial score (nSPS) is 9.95. The summed E-state index contributed by atoms with van der Waals surface area (Å²) in [6.45, 7) is 1.19. The molecule has 1 rings (SSSR count). The molecule has 0 radical (unpaired) electrons. The van der Waals surface area contributed by atoms with Crippen molar-refractivity contribution >= 4 is 29.2 Å². The molecule has 0 bridgehead atoms. The third-order valence-electron chi connectivity index (χ3n) is 2.35. The van der Waals surface area contributed by atoms with Crippen LogP contribution in [-0.2, 0) is 16.1 Å². The minimum atomic E-state index is -1.21. The maximum atomic E-state index is 11.8. The zero-order chi connectivity index (χ0) is 14.4. The standard InChI is InChI=1S/C11H15N3O4S/c1-7-5-19-6-8(7)2-13-11(18)14(3-9(12)15)4-10(16)17/h5-6H,2-4H2,1H3,(H2,12,15)(H,13,18)(H,16,17). The number of rotatable bonds is 6. The first kappa shape index (κ1) is 15.0. The largest absolute Gasteiger partial charge is 0.480 e. The maximum Gasteiger partial charge on any atom is 0.323 e. The molecule has 0 aromatic carbocycles. The number of nitrogens with one attached hydrogen (secondary N) is 1. The molecule has 1 aromatic rings. The van der Waals surface area contributed by atoms with Gasteiger partial charge in [0.2, 0.25) is 5.91 Å².